The highest BCUT2D eigenvalue weighted by molar-refractivity contribution is 9.10. The Kier molecular flexibility index (Phi) is 4.42. The molecule has 88 valence electrons. The van der Waals surface area contributed by atoms with E-state index in [2.05, 4.69) is 20.9 Å². The van der Waals surface area contributed by atoms with Crippen molar-refractivity contribution in [3.05, 3.63) is 57.4 Å². The molecular formula is C12H8BrClFNS. The maximum absolute atomic E-state index is 13.5. The molecule has 0 bridgehead atoms. The van der Waals surface area contributed by atoms with Crippen molar-refractivity contribution in [2.24, 2.45) is 0 Å². The van der Waals surface area contributed by atoms with Crippen molar-refractivity contribution >= 4 is 39.3 Å². The summed E-state index contributed by atoms with van der Waals surface area (Å²) in [7, 11) is 0. The van der Waals surface area contributed by atoms with Gasteiger partial charge in [-0.2, -0.15) is 0 Å². The van der Waals surface area contributed by atoms with Gasteiger partial charge in [-0.1, -0.05) is 41.6 Å². The molecule has 0 N–H and O–H groups in total. The molecule has 0 unspecified atom stereocenters. The van der Waals surface area contributed by atoms with Gasteiger partial charge in [-0.15, -0.1) is 0 Å². The van der Waals surface area contributed by atoms with Crippen molar-refractivity contribution in [3.8, 4) is 0 Å². The van der Waals surface area contributed by atoms with E-state index in [1.54, 1.807) is 6.20 Å². The second kappa shape index (κ2) is 5.85. The molecule has 0 atom stereocenters. The van der Waals surface area contributed by atoms with Crippen LogP contribution in [0.15, 0.2) is 46.0 Å². The number of rotatable bonds is 3. The Morgan fingerprint density at radius 2 is 2.12 bits per heavy atom. The fourth-order valence-corrected chi connectivity index (χ4v) is 2.72. The summed E-state index contributed by atoms with van der Waals surface area (Å²) in [5.74, 6) is 0.280. The smallest absolute Gasteiger partial charge is 0.156 e. The summed E-state index contributed by atoms with van der Waals surface area (Å²) >= 11 is 10.5. The lowest BCUT2D eigenvalue weighted by Gasteiger charge is -2.04. The lowest BCUT2D eigenvalue weighted by molar-refractivity contribution is 0.586. The first-order valence-electron chi connectivity index (χ1n) is 4.84. The fourth-order valence-electron chi connectivity index (χ4n) is 1.27. The van der Waals surface area contributed by atoms with Crippen LogP contribution in [0.2, 0.25) is 5.02 Å². The van der Waals surface area contributed by atoms with Gasteiger partial charge in [0.1, 0.15) is 5.03 Å². The van der Waals surface area contributed by atoms with Crippen LogP contribution in [0.4, 0.5) is 4.39 Å². The van der Waals surface area contributed by atoms with Crippen LogP contribution in [0.25, 0.3) is 0 Å². The van der Waals surface area contributed by atoms with E-state index in [1.165, 1.54) is 17.8 Å². The number of pyridine rings is 1. The summed E-state index contributed by atoms with van der Waals surface area (Å²) in [6, 6.07) is 8.93. The predicted octanol–water partition coefficient (Wildman–Crippen LogP) is 4.93. The highest BCUT2D eigenvalue weighted by Gasteiger charge is 2.07. The molecule has 2 rings (SSSR count). The van der Waals surface area contributed by atoms with Crippen molar-refractivity contribution in [1.29, 1.82) is 0 Å². The summed E-state index contributed by atoms with van der Waals surface area (Å²) in [6.07, 6.45) is 1.58. The summed E-state index contributed by atoms with van der Waals surface area (Å²) in [5, 5.41) is 1.07. The van der Waals surface area contributed by atoms with Gasteiger partial charge < -0.3 is 0 Å². The molecule has 0 saturated heterocycles. The van der Waals surface area contributed by atoms with E-state index in [4.69, 9.17) is 11.6 Å². The van der Waals surface area contributed by atoms with E-state index >= 15 is 0 Å². The summed E-state index contributed by atoms with van der Waals surface area (Å²) in [6.45, 7) is 0. The molecule has 1 aromatic carbocycles. The minimum absolute atomic E-state index is 0.323. The van der Waals surface area contributed by atoms with Crippen molar-refractivity contribution in [1.82, 2.24) is 4.98 Å². The van der Waals surface area contributed by atoms with Gasteiger partial charge in [-0.3, -0.25) is 0 Å². The maximum Gasteiger partial charge on any atom is 0.156 e. The van der Waals surface area contributed by atoms with Crippen LogP contribution < -0.4 is 0 Å². The monoisotopic (exact) mass is 331 g/mol. The van der Waals surface area contributed by atoms with Gasteiger partial charge in [-0.05, 0) is 33.6 Å². The number of aromatic nitrogens is 1. The molecule has 1 heterocycles. The third-order valence-electron chi connectivity index (χ3n) is 2.10. The van der Waals surface area contributed by atoms with Crippen molar-refractivity contribution in [3.63, 3.8) is 0 Å². The number of nitrogens with zero attached hydrogens (tertiary/aromatic N) is 1. The molecule has 1 aromatic heterocycles. The third-order valence-corrected chi connectivity index (χ3v) is 3.93. The lowest BCUT2D eigenvalue weighted by atomic mass is 10.2. The predicted molar refractivity (Wildman–Crippen MR) is 72.9 cm³/mol. The Balaban J connectivity index is 2.10. The van der Waals surface area contributed by atoms with Crippen LogP contribution in [0, 0.1) is 5.82 Å². The Morgan fingerprint density at radius 3 is 2.82 bits per heavy atom. The number of hydrogen-bond acceptors (Lipinski definition) is 2. The van der Waals surface area contributed by atoms with Gasteiger partial charge in [0.05, 0.1) is 0 Å². The molecule has 1 nitrogen and oxygen atoms in total. The van der Waals surface area contributed by atoms with Crippen molar-refractivity contribution < 1.29 is 4.39 Å². The Labute approximate surface area is 117 Å². The van der Waals surface area contributed by atoms with Crippen LogP contribution in [-0.4, -0.2) is 4.98 Å². The van der Waals surface area contributed by atoms with Crippen LogP contribution in [0.3, 0.4) is 0 Å². The zero-order valence-corrected chi connectivity index (χ0v) is 11.8. The average molecular weight is 333 g/mol. The quantitative estimate of drug-likeness (QED) is 0.739. The highest BCUT2D eigenvalue weighted by atomic mass is 79.9. The standard InChI is InChI=1S/C12H8BrClFNS/c13-9-5-11(15)12(16-6-9)17-7-8-3-1-2-4-10(8)14/h1-6H,7H2. The van der Waals surface area contributed by atoms with Gasteiger partial charge in [0.2, 0.25) is 0 Å². The average Bonchev–Trinajstić information content (AvgIpc) is 2.30. The SMILES string of the molecule is Fc1cc(Br)cnc1SCc1ccccc1Cl. The molecule has 0 fully saturated rings. The van der Waals surface area contributed by atoms with E-state index in [9.17, 15) is 4.39 Å². The second-order valence-electron chi connectivity index (χ2n) is 3.32. The topological polar surface area (TPSA) is 12.9 Å². The van der Waals surface area contributed by atoms with Crippen LogP contribution in [-0.2, 0) is 5.75 Å². The molecule has 0 saturated carbocycles. The number of thioether (sulfide) groups is 1. The van der Waals surface area contributed by atoms with Crippen LogP contribution >= 0.6 is 39.3 Å². The number of halogens is 3. The van der Waals surface area contributed by atoms with E-state index in [1.807, 2.05) is 24.3 Å². The number of benzene rings is 1. The van der Waals surface area contributed by atoms with E-state index < -0.39 is 0 Å². The van der Waals surface area contributed by atoms with Crippen LogP contribution in [0.5, 0.6) is 0 Å². The van der Waals surface area contributed by atoms with Gasteiger partial charge in [0.15, 0.2) is 5.82 Å². The largest absolute Gasteiger partial charge is 0.246 e. The number of hydrogen-bond donors (Lipinski definition) is 0. The molecule has 0 amide bonds. The van der Waals surface area contributed by atoms with E-state index in [-0.39, 0.29) is 5.82 Å². The van der Waals surface area contributed by atoms with Gasteiger partial charge in [-0.25, -0.2) is 9.37 Å². The van der Waals surface area contributed by atoms with E-state index in [0.717, 1.165) is 5.56 Å². The fraction of sp³-hybridized carbons (Fsp3) is 0.0833. The minimum atomic E-state index is -0.323. The van der Waals surface area contributed by atoms with Gasteiger partial charge in [0, 0.05) is 21.4 Å². The van der Waals surface area contributed by atoms with Crippen molar-refractivity contribution in [2.75, 3.05) is 0 Å². The Bertz CT molecular complexity index is 536. The molecule has 17 heavy (non-hydrogen) atoms. The zero-order valence-electron chi connectivity index (χ0n) is 8.66. The maximum atomic E-state index is 13.5. The van der Waals surface area contributed by atoms with Gasteiger partial charge >= 0.3 is 0 Å². The highest BCUT2D eigenvalue weighted by Crippen LogP contribution is 2.27. The first-order chi connectivity index (χ1) is 8.16. The molecule has 0 aliphatic rings. The molecule has 0 radical (unpaired) electrons. The summed E-state index contributed by atoms with van der Waals surface area (Å²) in [4.78, 5) is 4.02. The normalized spacial score (nSPS) is 10.5. The molecule has 0 aliphatic carbocycles. The Morgan fingerprint density at radius 1 is 1.35 bits per heavy atom. The lowest BCUT2D eigenvalue weighted by Crippen LogP contribution is -1.88. The molecule has 0 aliphatic heterocycles. The summed E-state index contributed by atoms with van der Waals surface area (Å²) in [5.41, 5.74) is 0.975. The zero-order chi connectivity index (χ0) is 12.3. The third kappa shape index (κ3) is 3.44. The molecule has 5 heteroatoms. The van der Waals surface area contributed by atoms with Gasteiger partial charge in [0.25, 0.3) is 0 Å². The molecule has 2 aromatic rings. The van der Waals surface area contributed by atoms with Crippen LogP contribution in [0.1, 0.15) is 5.56 Å². The summed E-state index contributed by atoms with van der Waals surface area (Å²) < 4.78 is 14.1. The molecular weight excluding hydrogens is 325 g/mol. The Hall–Kier alpha value is -0.580. The van der Waals surface area contributed by atoms with E-state index in [0.29, 0.717) is 20.3 Å². The molecule has 0 spiro atoms. The second-order valence-corrected chi connectivity index (χ2v) is 5.61. The first-order valence-corrected chi connectivity index (χ1v) is 7.00. The first kappa shape index (κ1) is 12.9. The van der Waals surface area contributed by atoms with Crippen molar-refractivity contribution in [2.45, 2.75) is 10.8 Å². The minimum Gasteiger partial charge on any atom is -0.246 e.